The minimum atomic E-state index is -4.46. The Balaban J connectivity index is 2.33. The predicted octanol–water partition coefficient (Wildman–Crippen LogP) is 5.85. The number of hydrogen-bond donors (Lipinski definition) is 0. The molecule has 0 spiro atoms. The van der Waals surface area contributed by atoms with Gasteiger partial charge in [-0.1, -0.05) is 40.9 Å². The molecule has 0 bridgehead atoms. The van der Waals surface area contributed by atoms with E-state index in [4.69, 9.17) is 39.5 Å². The molecule has 0 unspecified atom stereocenters. The van der Waals surface area contributed by atoms with Gasteiger partial charge < -0.3 is 4.74 Å². The highest BCUT2D eigenvalue weighted by atomic mass is 35.5. The summed E-state index contributed by atoms with van der Waals surface area (Å²) in [4.78, 5) is 3.76. The van der Waals surface area contributed by atoms with Gasteiger partial charge in [0.2, 0.25) is 5.88 Å². The van der Waals surface area contributed by atoms with Crippen LogP contribution in [0, 0.1) is 0 Å². The van der Waals surface area contributed by atoms with Crippen molar-refractivity contribution < 1.29 is 17.9 Å². The summed E-state index contributed by atoms with van der Waals surface area (Å²) in [5.74, 6) is -0.187. The monoisotopic (exact) mass is 341 g/mol. The molecule has 0 atom stereocenters. The van der Waals surface area contributed by atoms with Crippen molar-refractivity contribution in [3.8, 4) is 11.6 Å². The maximum Gasteiger partial charge on any atom is 0.416 e. The van der Waals surface area contributed by atoms with E-state index in [0.717, 1.165) is 12.1 Å². The number of halogens is 6. The Morgan fingerprint density at radius 1 is 1.00 bits per heavy atom. The van der Waals surface area contributed by atoms with Crippen molar-refractivity contribution >= 4 is 34.8 Å². The van der Waals surface area contributed by atoms with Gasteiger partial charge in [0.25, 0.3) is 0 Å². The summed E-state index contributed by atoms with van der Waals surface area (Å²) in [5.41, 5.74) is -0.841. The molecule has 0 N–H and O–H groups in total. The third-order valence-electron chi connectivity index (χ3n) is 2.23. The highest BCUT2D eigenvalue weighted by Gasteiger charge is 2.30. The fourth-order valence-electron chi connectivity index (χ4n) is 1.35. The van der Waals surface area contributed by atoms with Crippen LogP contribution in [-0.2, 0) is 6.18 Å². The van der Waals surface area contributed by atoms with Gasteiger partial charge in [-0.2, -0.15) is 18.2 Å². The van der Waals surface area contributed by atoms with Gasteiger partial charge in [-0.15, -0.1) is 0 Å². The summed E-state index contributed by atoms with van der Waals surface area (Å²) >= 11 is 17.2. The highest BCUT2D eigenvalue weighted by Crippen LogP contribution is 2.35. The first kappa shape index (κ1) is 15.2. The summed E-state index contributed by atoms with van der Waals surface area (Å²) in [5, 5.41) is 0.0999. The summed E-state index contributed by atoms with van der Waals surface area (Å²) in [6, 6.07) is 5.61. The second-order valence-electron chi connectivity index (χ2n) is 3.68. The molecule has 0 aliphatic carbocycles. The molecule has 2 aromatic rings. The molecule has 1 aromatic heterocycles. The van der Waals surface area contributed by atoms with Gasteiger partial charge in [-0.25, -0.2) is 0 Å². The number of benzene rings is 1. The average Bonchev–Trinajstić information content (AvgIpc) is 2.35. The molecule has 0 amide bonds. The molecule has 106 valence electrons. The number of nitrogens with zero attached hydrogens (tertiary/aromatic N) is 1. The van der Waals surface area contributed by atoms with Crippen LogP contribution in [0.15, 0.2) is 30.3 Å². The first-order valence-electron chi connectivity index (χ1n) is 5.14. The molecule has 0 aliphatic rings. The lowest BCUT2D eigenvalue weighted by molar-refractivity contribution is -0.137. The molecule has 0 fully saturated rings. The van der Waals surface area contributed by atoms with Crippen LogP contribution in [0.25, 0.3) is 0 Å². The molecule has 0 aliphatic heterocycles. The van der Waals surface area contributed by atoms with Crippen molar-refractivity contribution in [2.24, 2.45) is 0 Å². The Bertz CT molecular complexity index is 646. The van der Waals surface area contributed by atoms with Crippen LogP contribution < -0.4 is 4.74 Å². The lowest BCUT2D eigenvalue weighted by Crippen LogP contribution is -2.04. The van der Waals surface area contributed by atoms with E-state index >= 15 is 0 Å². The Morgan fingerprint density at radius 3 is 2.35 bits per heavy atom. The molecule has 2 nitrogen and oxygen atoms in total. The molecule has 8 heteroatoms. The second-order valence-corrected chi connectivity index (χ2v) is 4.85. The fourth-order valence-corrected chi connectivity index (χ4v) is 1.88. The minimum Gasteiger partial charge on any atom is -0.437 e. The zero-order valence-corrected chi connectivity index (χ0v) is 11.8. The van der Waals surface area contributed by atoms with Crippen molar-refractivity contribution in [1.82, 2.24) is 4.98 Å². The SMILES string of the molecule is FC(F)(F)c1cccc(Oc2nc(Cl)c(Cl)cc2Cl)c1. The minimum absolute atomic E-state index is 0.0387. The first-order valence-corrected chi connectivity index (χ1v) is 6.27. The molecular formula is C12H5Cl3F3NO. The fraction of sp³-hybridized carbons (Fsp3) is 0.0833. The third kappa shape index (κ3) is 3.48. The average molecular weight is 343 g/mol. The standard InChI is InChI=1S/C12H5Cl3F3NO/c13-8-5-9(14)11(19-10(8)15)20-7-3-1-2-6(4-7)12(16,17)18/h1-5H. The maximum atomic E-state index is 12.6. The quantitative estimate of drug-likeness (QED) is 0.638. The zero-order valence-electron chi connectivity index (χ0n) is 9.51. The Hall–Kier alpha value is -1.17. The van der Waals surface area contributed by atoms with E-state index in [9.17, 15) is 13.2 Å². The normalized spacial score (nSPS) is 11.5. The van der Waals surface area contributed by atoms with Crippen molar-refractivity contribution in [1.29, 1.82) is 0 Å². The van der Waals surface area contributed by atoms with Crippen molar-refractivity contribution in [3.05, 3.63) is 51.1 Å². The third-order valence-corrected chi connectivity index (χ3v) is 3.17. The van der Waals surface area contributed by atoms with Gasteiger partial charge in [0.1, 0.15) is 10.8 Å². The number of pyridine rings is 1. The number of hydrogen-bond acceptors (Lipinski definition) is 2. The molecule has 0 radical (unpaired) electrons. The van der Waals surface area contributed by atoms with Crippen molar-refractivity contribution in [2.45, 2.75) is 6.18 Å². The molecule has 1 aromatic carbocycles. The van der Waals surface area contributed by atoms with E-state index in [1.54, 1.807) is 0 Å². The summed E-state index contributed by atoms with van der Waals surface area (Å²) in [7, 11) is 0. The van der Waals surface area contributed by atoms with Crippen molar-refractivity contribution in [2.75, 3.05) is 0 Å². The zero-order chi connectivity index (χ0) is 14.9. The van der Waals surface area contributed by atoms with E-state index in [1.807, 2.05) is 0 Å². The highest BCUT2D eigenvalue weighted by molar-refractivity contribution is 6.42. The number of alkyl halides is 3. The number of rotatable bonds is 2. The van der Waals surface area contributed by atoms with E-state index < -0.39 is 11.7 Å². The number of ether oxygens (including phenoxy) is 1. The Labute approximate surface area is 127 Å². The first-order chi connectivity index (χ1) is 9.27. The maximum absolute atomic E-state index is 12.6. The topological polar surface area (TPSA) is 22.1 Å². The summed E-state index contributed by atoms with van der Waals surface area (Å²) in [6.07, 6.45) is -4.46. The lowest BCUT2D eigenvalue weighted by Gasteiger charge is -2.10. The Kier molecular flexibility index (Phi) is 4.32. The van der Waals surface area contributed by atoms with Gasteiger partial charge >= 0.3 is 6.18 Å². The molecule has 0 saturated heterocycles. The molecule has 1 heterocycles. The molecule has 20 heavy (non-hydrogen) atoms. The lowest BCUT2D eigenvalue weighted by atomic mass is 10.2. The Morgan fingerprint density at radius 2 is 1.70 bits per heavy atom. The van der Waals surface area contributed by atoms with Gasteiger partial charge in [0, 0.05) is 0 Å². The van der Waals surface area contributed by atoms with E-state index in [-0.39, 0.29) is 26.8 Å². The largest absolute Gasteiger partial charge is 0.437 e. The van der Waals surface area contributed by atoms with Crippen LogP contribution in [0.3, 0.4) is 0 Å². The smallest absolute Gasteiger partial charge is 0.416 e. The molecule has 2 rings (SSSR count). The number of aromatic nitrogens is 1. The van der Waals surface area contributed by atoms with Crippen LogP contribution in [0.5, 0.6) is 11.6 Å². The van der Waals surface area contributed by atoms with E-state index in [2.05, 4.69) is 4.98 Å². The van der Waals surface area contributed by atoms with Gasteiger partial charge in [-0.3, -0.25) is 0 Å². The van der Waals surface area contributed by atoms with Crippen LogP contribution in [0.1, 0.15) is 5.56 Å². The van der Waals surface area contributed by atoms with Crippen LogP contribution >= 0.6 is 34.8 Å². The summed E-state index contributed by atoms with van der Waals surface area (Å²) in [6.45, 7) is 0. The van der Waals surface area contributed by atoms with Crippen LogP contribution in [0.4, 0.5) is 13.2 Å². The van der Waals surface area contributed by atoms with Gasteiger partial charge in [0.15, 0.2) is 5.15 Å². The van der Waals surface area contributed by atoms with Gasteiger partial charge in [-0.05, 0) is 24.3 Å². The van der Waals surface area contributed by atoms with Crippen LogP contribution in [-0.4, -0.2) is 4.98 Å². The second kappa shape index (κ2) is 5.68. The van der Waals surface area contributed by atoms with Crippen LogP contribution in [0.2, 0.25) is 15.2 Å². The van der Waals surface area contributed by atoms with Gasteiger partial charge in [0.05, 0.1) is 10.6 Å². The molecular weight excluding hydrogens is 337 g/mol. The van der Waals surface area contributed by atoms with E-state index in [1.165, 1.54) is 18.2 Å². The molecule has 0 saturated carbocycles. The predicted molar refractivity (Wildman–Crippen MR) is 70.8 cm³/mol. The summed E-state index contributed by atoms with van der Waals surface area (Å²) < 4.78 is 42.9. The van der Waals surface area contributed by atoms with Crippen molar-refractivity contribution in [3.63, 3.8) is 0 Å². The van der Waals surface area contributed by atoms with E-state index in [0.29, 0.717) is 0 Å².